The van der Waals surface area contributed by atoms with E-state index in [1.54, 1.807) is 12.5 Å². The minimum absolute atomic E-state index is 0.732. The van der Waals surface area contributed by atoms with Gasteiger partial charge in [-0.25, -0.2) is 9.97 Å². The zero-order valence-electron chi connectivity index (χ0n) is 8.54. The van der Waals surface area contributed by atoms with Crippen molar-refractivity contribution in [3.05, 3.63) is 24.3 Å². The van der Waals surface area contributed by atoms with Gasteiger partial charge in [0.25, 0.3) is 0 Å². The fourth-order valence-corrected chi connectivity index (χ4v) is 0.701. The van der Waals surface area contributed by atoms with Gasteiger partial charge in [-0.2, -0.15) is 0 Å². The standard InChI is InChI=1S/C9H10N2.C2H6/c1-2-3-4-5-9-6-7-10-8-11-9;1-2/h6-8H,2,5H2,1H3;1-2H3. The smallest absolute Gasteiger partial charge is 0.115 e. The highest BCUT2D eigenvalue weighted by molar-refractivity contribution is 5.10. The maximum atomic E-state index is 4.04. The topological polar surface area (TPSA) is 25.8 Å². The van der Waals surface area contributed by atoms with Crippen LogP contribution in [-0.4, -0.2) is 9.97 Å². The quantitative estimate of drug-likeness (QED) is 0.614. The fourth-order valence-electron chi connectivity index (χ4n) is 0.701. The fraction of sp³-hybridized carbons (Fsp3) is 0.455. The average molecular weight is 176 g/mol. The van der Waals surface area contributed by atoms with Crippen LogP contribution in [0.25, 0.3) is 0 Å². The van der Waals surface area contributed by atoms with Crippen LogP contribution >= 0.6 is 0 Å². The summed E-state index contributed by atoms with van der Waals surface area (Å²) >= 11 is 0. The molecule has 1 rings (SSSR count). The molecule has 1 aromatic heterocycles. The van der Waals surface area contributed by atoms with Crippen molar-refractivity contribution in [2.24, 2.45) is 0 Å². The van der Waals surface area contributed by atoms with E-state index in [2.05, 4.69) is 21.8 Å². The lowest BCUT2D eigenvalue weighted by Gasteiger charge is -1.88. The lowest BCUT2D eigenvalue weighted by molar-refractivity contribution is 1.06. The molecule has 70 valence electrons. The van der Waals surface area contributed by atoms with Gasteiger partial charge >= 0.3 is 0 Å². The molecule has 0 amide bonds. The maximum absolute atomic E-state index is 4.04. The Hall–Kier alpha value is -1.36. The molecule has 0 spiro atoms. The second-order valence-corrected chi connectivity index (χ2v) is 2.08. The molecule has 1 heterocycles. The summed E-state index contributed by atoms with van der Waals surface area (Å²) in [5, 5.41) is 0. The van der Waals surface area contributed by atoms with Crippen LogP contribution in [0.2, 0.25) is 0 Å². The predicted octanol–water partition coefficient (Wildman–Crippen LogP) is 2.46. The normalized spacial score (nSPS) is 7.62. The van der Waals surface area contributed by atoms with Gasteiger partial charge in [0.1, 0.15) is 6.33 Å². The van der Waals surface area contributed by atoms with Crippen molar-refractivity contribution in [2.45, 2.75) is 33.6 Å². The van der Waals surface area contributed by atoms with E-state index >= 15 is 0 Å². The lowest BCUT2D eigenvalue weighted by atomic mass is 10.3. The molecule has 0 aliphatic rings. The van der Waals surface area contributed by atoms with E-state index in [9.17, 15) is 0 Å². The summed E-state index contributed by atoms with van der Waals surface area (Å²) in [6.45, 7) is 6.03. The van der Waals surface area contributed by atoms with Crippen LogP contribution in [0.4, 0.5) is 0 Å². The number of hydrogen-bond donors (Lipinski definition) is 0. The van der Waals surface area contributed by atoms with Crippen LogP contribution in [0.5, 0.6) is 0 Å². The summed E-state index contributed by atoms with van der Waals surface area (Å²) in [7, 11) is 0. The Labute approximate surface area is 80.4 Å². The maximum Gasteiger partial charge on any atom is 0.115 e. The molecule has 0 saturated heterocycles. The summed E-state index contributed by atoms with van der Waals surface area (Å²) in [5.74, 6) is 6.00. The molecule has 0 aliphatic carbocycles. The van der Waals surface area contributed by atoms with E-state index in [4.69, 9.17) is 0 Å². The largest absolute Gasteiger partial charge is 0.245 e. The highest BCUT2D eigenvalue weighted by atomic mass is 14.8. The second-order valence-electron chi connectivity index (χ2n) is 2.08. The first-order chi connectivity index (χ1) is 6.43. The van der Waals surface area contributed by atoms with Crippen molar-refractivity contribution in [1.29, 1.82) is 0 Å². The molecule has 0 saturated carbocycles. The van der Waals surface area contributed by atoms with Gasteiger partial charge in [0.05, 0.1) is 12.1 Å². The Morgan fingerprint density at radius 1 is 1.31 bits per heavy atom. The van der Waals surface area contributed by atoms with Gasteiger partial charge in [0.15, 0.2) is 0 Å². The summed E-state index contributed by atoms with van der Waals surface area (Å²) in [6.07, 6.45) is 4.92. The van der Waals surface area contributed by atoms with Gasteiger partial charge < -0.3 is 0 Å². The van der Waals surface area contributed by atoms with E-state index in [1.165, 1.54) is 0 Å². The molecule has 0 aromatic carbocycles. The van der Waals surface area contributed by atoms with Crippen molar-refractivity contribution in [1.82, 2.24) is 9.97 Å². The molecule has 0 atom stereocenters. The third-order valence-electron chi connectivity index (χ3n) is 1.21. The van der Waals surface area contributed by atoms with Gasteiger partial charge in [-0.05, 0) is 6.07 Å². The Bertz CT molecular complexity index is 256. The first-order valence-corrected chi connectivity index (χ1v) is 4.64. The van der Waals surface area contributed by atoms with Gasteiger partial charge in [-0.15, -0.1) is 5.92 Å². The molecule has 0 radical (unpaired) electrons. The Morgan fingerprint density at radius 2 is 2.08 bits per heavy atom. The Morgan fingerprint density at radius 3 is 2.62 bits per heavy atom. The SMILES string of the molecule is CC.CCC#CCc1ccncn1. The molecule has 13 heavy (non-hydrogen) atoms. The predicted molar refractivity (Wildman–Crippen MR) is 55.2 cm³/mol. The van der Waals surface area contributed by atoms with E-state index in [-0.39, 0.29) is 0 Å². The number of aromatic nitrogens is 2. The van der Waals surface area contributed by atoms with Gasteiger partial charge in [-0.1, -0.05) is 26.7 Å². The molecule has 0 bridgehead atoms. The molecule has 1 aromatic rings. The first-order valence-electron chi connectivity index (χ1n) is 4.64. The molecule has 2 nitrogen and oxygen atoms in total. The highest BCUT2D eigenvalue weighted by Gasteiger charge is 1.86. The molecule has 0 unspecified atom stereocenters. The first kappa shape index (κ1) is 11.6. The van der Waals surface area contributed by atoms with E-state index in [0.29, 0.717) is 0 Å². The van der Waals surface area contributed by atoms with Crippen LogP contribution in [0, 0.1) is 11.8 Å². The second kappa shape index (κ2) is 8.73. The minimum atomic E-state index is 0.732. The molecule has 0 aliphatic heterocycles. The molecule has 0 N–H and O–H groups in total. The lowest BCUT2D eigenvalue weighted by Crippen LogP contribution is -1.86. The van der Waals surface area contributed by atoms with Crippen LogP contribution in [-0.2, 0) is 6.42 Å². The summed E-state index contributed by atoms with van der Waals surface area (Å²) in [4.78, 5) is 7.85. The van der Waals surface area contributed by atoms with Crippen molar-refractivity contribution in [3.63, 3.8) is 0 Å². The van der Waals surface area contributed by atoms with Crippen molar-refractivity contribution in [3.8, 4) is 11.8 Å². The van der Waals surface area contributed by atoms with Crippen molar-refractivity contribution in [2.75, 3.05) is 0 Å². The van der Waals surface area contributed by atoms with E-state index in [0.717, 1.165) is 18.5 Å². The number of hydrogen-bond acceptors (Lipinski definition) is 2. The van der Waals surface area contributed by atoms with E-state index < -0.39 is 0 Å². The monoisotopic (exact) mass is 176 g/mol. The van der Waals surface area contributed by atoms with Crippen LogP contribution in [0.3, 0.4) is 0 Å². The van der Waals surface area contributed by atoms with Crippen molar-refractivity contribution < 1.29 is 0 Å². The van der Waals surface area contributed by atoms with Crippen LogP contribution in [0.15, 0.2) is 18.6 Å². The van der Waals surface area contributed by atoms with Crippen LogP contribution < -0.4 is 0 Å². The molecular formula is C11H16N2. The third kappa shape index (κ3) is 5.86. The van der Waals surface area contributed by atoms with E-state index in [1.807, 2.05) is 26.8 Å². The summed E-state index contributed by atoms with van der Waals surface area (Å²) < 4.78 is 0. The summed E-state index contributed by atoms with van der Waals surface area (Å²) in [6, 6.07) is 1.88. The molecule has 2 heteroatoms. The van der Waals surface area contributed by atoms with Crippen LogP contribution in [0.1, 0.15) is 32.9 Å². The summed E-state index contributed by atoms with van der Waals surface area (Å²) in [5.41, 5.74) is 0.987. The average Bonchev–Trinajstić information content (AvgIpc) is 2.23. The van der Waals surface area contributed by atoms with Gasteiger partial charge in [0.2, 0.25) is 0 Å². The van der Waals surface area contributed by atoms with Gasteiger partial charge in [-0.3, -0.25) is 0 Å². The highest BCUT2D eigenvalue weighted by Crippen LogP contribution is 1.90. The zero-order chi connectivity index (χ0) is 9.94. The number of nitrogens with zero attached hydrogens (tertiary/aromatic N) is 2. The Balaban J connectivity index is 0.000000671. The zero-order valence-corrected chi connectivity index (χ0v) is 8.54. The molecular weight excluding hydrogens is 160 g/mol. The Kier molecular flexibility index (Phi) is 7.82. The van der Waals surface area contributed by atoms with Gasteiger partial charge in [0, 0.05) is 12.6 Å². The molecule has 0 fully saturated rings. The number of rotatable bonds is 1. The third-order valence-corrected chi connectivity index (χ3v) is 1.21. The van der Waals surface area contributed by atoms with Crippen molar-refractivity contribution >= 4 is 0 Å². The minimum Gasteiger partial charge on any atom is -0.245 e.